The second-order valence-electron chi connectivity index (χ2n) is 3.84. The van der Waals surface area contributed by atoms with Crippen LogP contribution in [0.15, 0.2) is 45.9 Å². The Morgan fingerprint density at radius 2 is 2.11 bits per heavy atom. The molecule has 1 aromatic heterocycles. The lowest BCUT2D eigenvalue weighted by molar-refractivity contribution is 0.419. The van der Waals surface area contributed by atoms with Crippen LogP contribution in [0.1, 0.15) is 11.3 Å². The molecule has 0 unspecified atom stereocenters. The Kier molecular flexibility index (Phi) is 3.60. The first-order valence-corrected chi connectivity index (χ1v) is 6.96. The minimum Gasteiger partial charge on any atom is -0.446 e. The van der Waals surface area contributed by atoms with Crippen molar-refractivity contribution >= 4 is 15.7 Å². The van der Waals surface area contributed by atoms with Crippen LogP contribution >= 0.6 is 0 Å². The predicted molar refractivity (Wildman–Crippen MR) is 71.8 cm³/mol. The van der Waals surface area contributed by atoms with Crippen molar-refractivity contribution in [3.63, 3.8) is 0 Å². The monoisotopic (exact) mass is 276 g/mol. The van der Waals surface area contributed by atoms with Crippen molar-refractivity contribution in [3.8, 4) is 12.3 Å². The van der Waals surface area contributed by atoms with Crippen LogP contribution in [0.2, 0.25) is 0 Å². The molecule has 2 rings (SSSR count). The van der Waals surface area contributed by atoms with E-state index in [-0.39, 0.29) is 5.09 Å². The highest BCUT2D eigenvalue weighted by molar-refractivity contribution is 7.89. The average Bonchev–Trinajstić information content (AvgIpc) is 2.85. The molecule has 0 saturated carbocycles. The highest BCUT2D eigenvalue weighted by atomic mass is 32.2. The quantitative estimate of drug-likeness (QED) is 0.829. The Bertz CT molecular complexity index is 726. The molecule has 0 fully saturated rings. The van der Waals surface area contributed by atoms with Gasteiger partial charge in [-0.2, -0.15) is 0 Å². The van der Waals surface area contributed by atoms with Crippen LogP contribution < -0.4 is 10.5 Å². The minimum absolute atomic E-state index is 0.248. The highest BCUT2D eigenvalue weighted by Crippen LogP contribution is 2.15. The number of benzene rings is 1. The van der Waals surface area contributed by atoms with Gasteiger partial charge in [0.1, 0.15) is 5.76 Å². The molecule has 0 radical (unpaired) electrons. The average molecular weight is 276 g/mol. The summed E-state index contributed by atoms with van der Waals surface area (Å²) in [5, 5.41) is 7.78. The number of nitrogens with two attached hydrogens (primary N) is 1. The molecular formula is C13H12N2O3S. The zero-order chi connectivity index (χ0) is 13.9. The summed E-state index contributed by atoms with van der Waals surface area (Å²) in [7, 11) is -3.80. The molecule has 1 aromatic carbocycles. The maximum Gasteiger partial charge on any atom is 0.271 e. The predicted octanol–water partition coefficient (Wildman–Crippen LogP) is 1.52. The number of terminal acetylenes is 1. The van der Waals surface area contributed by atoms with Gasteiger partial charge in [-0.05, 0) is 30.3 Å². The van der Waals surface area contributed by atoms with E-state index in [0.29, 0.717) is 12.3 Å². The highest BCUT2D eigenvalue weighted by Gasteiger charge is 2.12. The lowest BCUT2D eigenvalue weighted by Crippen LogP contribution is -2.10. The normalized spacial score (nSPS) is 10.9. The first-order chi connectivity index (χ1) is 8.99. The van der Waals surface area contributed by atoms with Gasteiger partial charge in [0.05, 0.1) is 6.54 Å². The molecule has 0 aliphatic carbocycles. The van der Waals surface area contributed by atoms with Crippen molar-refractivity contribution in [1.82, 2.24) is 0 Å². The second-order valence-corrected chi connectivity index (χ2v) is 5.34. The Hall–Kier alpha value is -2.23. The van der Waals surface area contributed by atoms with E-state index in [1.165, 1.54) is 6.07 Å². The number of anilines is 1. The van der Waals surface area contributed by atoms with Gasteiger partial charge in [-0.25, -0.2) is 13.6 Å². The van der Waals surface area contributed by atoms with Crippen LogP contribution in [-0.2, 0) is 16.6 Å². The van der Waals surface area contributed by atoms with E-state index >= 15 is 0 Å². The van der Waals surface area contributed by atoms with Gasteiger partial charge in [-0.15, -0.1) is 6.42 Å². The molecule has 0 spiro atoms. The van der Waals surface area contributed by atoms with Gasteiger partial charge in [-0.3, -0.25) is 0 Å². The fraction of sp³-hybridized carbons (Fsp3) is 0.0769. The van der Waals surface area contributed by atoms with Gasteiger partial charge in [0.15, 0.2) is 0 Å². The largest absolute Gasteiger partial charge is 0.446 e. The van der Waals surface area contributed by atoms with Gasteiger partial charge in [-0.1, -0.05) is 12.0 Å². The van der Waals surface area contributed by atoms with E-state index in [1.54, 1.807) is 6.07 Å². The van der Waals surface area contributed by atoms with Crippen LogP contribution in [0.25, 0.3) is 0 Å². The molecule has 0 amide bonds. The number of rotatable bonds is 4. The lowest BCUT2D eigenvalue weighted by Gasteiger charge is -2.04. The summed E-state index contributed by atoms with van der Waals surface area (Å²) in [6.07, 6.45) is 5.30. The van der Waals surface area contributed by atoms with E-state index in [2.05, 4.69) is 11.2 Å². The van der Waals surface area contributed by atoms with Gasteiger partial charge >= 0.3 is 0 Å². The molecule has 0 bridgehead atoms. The Morgan fingerprint density at radius 3 is 2.74 bits per heavy atom. The third-order valence-electron chi connectivity index (χ3n) is 2.41. The topological polar surface area (TPSA) is 85.3 Å². The Morgan fingerprint density at radius 1 is 1.32 bits per heavy atom. The van der Waals surface area contributed by atoms with Crippen molar-refractivity contribution < 1.29 is 12.8 Å². The van der Waals surface area contributed by atoms with Gasteiger partial charge in [0.2, 0.25) is 5.09 Å². The molecule has 3 N–H and O–H groups in total. The zero-order valence-electron chi connectivity index (χ0n) is 9.96. The summed E-state index contributed by atoms with van der Waals surface area (Å²) in [6.45, 7) is 0.337. The first kappa shape index (κ1) is 13.2. The van der Waals surface area contributed by atoms with Gasteiger partial charge < -0.3 is 9.73 Å². The molecule has 0 aliphatic rings. The number of primary sulfonamides is 1. The van der Waals surface area contributed by atoms with E-state index in [1.807, 2.05) is 24.3 Å². The van der Waals surface area contributed by atoms with E-state index in [0.717, 1.165) is 11.3 Å². The number of hydrogen-bond donors (Lipinski definition) is 2. The Labute approximate surface area is 111 Å². The molecule has 0 aliphatic heterocycles. The summed E-state index contributed by atoms with van der Waals surface area (Å²) in [5.41, 5.74) is 1.58. The zero-order valence-corrected chi connectivity index (χ0v) is 10.8. The summed E-state index contributed by atoms with van der Waals surface area (Å²) >= 11 is 0. The molecule has 0 saturated heterocycles. The maximum atomic E-state index is 11.0. The van der Waals surface area contributed by atoms with Crippen molar-refractivity contribution in [2.24, 2.45) is 5.14 Å². The SMILES string of the molecule is C#Cc1cccc(NCc2ccc(S(N)(=O)=O)o2)c1. The summed E-state index contributed by atoms with van der Waals surface area (Å²) in [4.78, 5) is 0. The summed E-state index contributed by atoms with van der Waals surface area (Å²) < 4.78 is 27.2. The maximum absolute atomic E-state index is 11.0. The molecule has 6 heteroatoms. The Balaban J connectivity index is 2.07. The number of sulfonamides is 1. The fourth-order valence-corrected chi connectivity index (χ4v) is 2.00. The second kappa shape index (κ2) is 5.18. The van der Waals surface area contributed by atoms with Crippen molar-refractivity contribution in [2.75, 3.05) is 5.32 Å². The summed E-state index contributed by atoms with van der Waals surface area (Å²) in [6, 6.07) is 10.2. The number of furan rings is 1. The summed E-state index contributed by atoms with van der Waals surface area (Å²) in [5.74, 6) is 3.00. The van der Waals surface area contributed by atoms with Crippen LogP contribution in [-0.4, -0.2) is 8.42 Å². The fourth-order valence-electron chi connectivity index (χ4n) is 1.51. The van der Waals surface area contributed by atoms with E-state index in [9.17, 15) is 8.42 Å². The number of nitrogens with one attached hydrogen (secondary N) is 1. The number of hydrogen-bond acceptors (Lipinski definition) is 4. The van der Waals surface area contributed by atoms with Crippen molar-refractivity contribution in [1.29, 1.82) is 0 Å². The van der Waals surface area contributed by atoms with E-state index < -0.39 is 10.0 Å². The molecule has 98 valence electrons. The minimum atomic E-state index is -3.80. The van der Waals surface area contributed by atoms with Crippen molar-refractivity contribution in [3.05, 3.63) is 47.7 Å². The van der Waals surface area contributed by atoms with Gasteiger partial charge in [0.25, 0.3) is 10.0 Å². The molecule has 19 heavy (non-hydrogen) atoms. The van der Waals surface area contributed by atoms with Gasteiger partial charge in [0, 0.05) is 11.3 Å². The first-order valence-electron chi connectivity index (χ1n) is 5.41. The van der Waals surface area contributed by atoms with Crippen LogP contribution in [0.4, 0.5) is 5.69 Å². The van der Waals surface area contributed by atoms with E-state index in [4.69, 9.17) is 16.0 Å². The van der Waals surface area contributed by atoms with Crippen LogP contribution in [0.5, 0.6) is 0 Å². The molecule has 2 aromatic rings. The third kappa shape index (κ3) is 3.37. The molecule has 5 nitrogen and oxygen atoms in total. The smallest absolute Gasteiger partial charge is 0.271 e. The molecular weight excluding hydrogens is 264 g/mol. The van der Waals surface area contributed by atoms with Crippen LogP contribution in [0, 0.1) is 12.3 Å². The van der Waals surface area contributed by atoms with Crippen molar-refractivity contribution in [2.45, 2.75) is 11.6 Å². The van der Waals surface area contributed by atoms with Crippen LogP contribution in [0.3, 0.4) is 0 Å². The molecule has 0 atom stereocenters. The standard InChI is InChI=1S/C13H12N2O3S/c1-2-10-4-3-5-11(8-10)15-9-12-6-7-13(18-12)19(14,16)17/h1,3-8,15H,9H2,(H2,14,16,17). The third-order valence-corrected chi connectivity index (χ3v) is 3.19. The molecule has 1 heterocycles. The lowest BCUT2D eigenvalue weighted by atomic mass is 10.2.